The van der Waals surface area contributed by atoms with Gasteiger partial charge in [-0.1, -0.05) is 0 Å². The molecule has 2 fully saturated rings. The molecule has 1 saturated heterocycles. The summed E-state index contributed by atoms with van der Waals surface area (Å²) in [5.74, 6) is -0.324. The van der Waals surface area contributed by atoms with Crippen molar-refractivity contribution >= 4 is 12.1 Å². The minimum atomic E-state index is -0.931. The third kappa shape index (κ3) is 3.03. The summed E-state index contributed by atoms with van der Waals surface area (Å²) in [7, 11) is 0. The number of amides is 1. The Hall–Kier alpha value is -1.77. The summed E-state index contributed by atoms with van der Waals surface area (Å²) in [6, 6.07) is 1.57. The smallest absolute Gasteiger partial charge is 0.412 e. The number of nitrogens with zero attached hydrogens (tertiary/aromatic N) is 2. The lowest BCUT2D eigenvalue weighted by molar-refractivity contribution is -0.149. The van der Waals surface area contributed by atoms with Gasteiger partial charge in [-0.15, -0.1) is 0 Å². The monoisotopic (exact) mass is 308 g/mol. The molecule has 1 amide bonds. The van der Waals surface area contributed by atoms with Gasteiger partial charge in [-0.2, -0.15) is 5.26 Å². The molecule has 6 nitrogen and oxygen atoms in total. The van der Waals surface area contributed by atoms with Crippen molar-refractivity contribution in [2.24, 2.45) is 5.92 Å². The Bertz CT molecular complexity index is 501. The summed E-state index contributed by atoms with van der Waals surface area (Å²) < 4.78 is 10.5. The van der Waals surface area contributed by atoms with Crippen LogP contribution in [0.25, 0.3) is 0 Å². The highest BCUT2D eigenvalue weighted by Gasteiger charge is 2.60. The van der Waals surface area contributed by atoms with Crippen LogP contribution in [0.4, 0.5) is 4.79 Å². The maximum absolute atomic E-state index is 12.6. The minimum Gasteiger partial charge on any atom is -0.464 e. The van der Waals surface area contributed by atoms with Crippen LogP contribution in [0.15, 0.2) is 0 Å². The highest BCUT2D eigenvalue weighted by molar-refractivity contribution is 5.83. The van der Waals surface area contributed by atoms with E-state index in [2.05, 4.69) is 6.07 Å². The predicted octanol–water partition coefficient (Wildman–Crippen LogP) is 2.62. The molecule has 0 aromatic rings. The van der Waals surface area contributed by atoms with Gasteiger partial charge in [0.25, 0.3) is 0 Å². The first-order chi connectivity index (χ1) is 10.2. The molecule has 1 saturated carbocycles. The second-order valence-corrected chi connectivity index (χ2v) is 6.97. The molecule has 6 heteroatoms. The molecule has 0 aromatic heterocycles. The van der Waals surface area contributed by atoms with Crippen molar-refractivity contribution in [3.63, 3.8) is 0 Å². The lowest BCUT2D eigenvalue weighted by atomic mass is 9.92. The van der Waals surface area contributed by atoms with Crippen LogP contribution in [0.5, 0.6) is 0 Å². The van der Waals surface area contributed by atoms with E-state index in [0.29, 0.717) is 12.8 Å². The topological polar surface area (TPSA) is 79.6 Å². The second-order valence-electron chi connectivity index (χ2n) is 6.97. The fourth-order valence-corrected chi connectivity index (χ4v) is 3.11. The molecule has 2 aliphatic rings. The Balaban J connectivity index is 2.31. The molecule has 2 atom stereocenters. The normalized spacial score (nSPS) is 28.1. The summed E-state index contributed by atoms with van der Waals surface area (Å²) in [5.41, 5.74) is -1.61. The van der Waals surface area contributed by atoms with Crippen LogP contribution in [-0.4, -0.2) is 40.8 Å². The second kappa shape index (κ2) is 5.79. The van der Waals surface area contributed by atoms with E-state index >= 15 is 0 Å². The van der Waals surface area contributed by atoms with Gasteiger partial charge in [0.2, 0.25) is 0 Å². The van der Waals surface area contributed by atoms with Crippen molar-refractivity contribution in [1.82, 2.24) is 4.90 Å². The third-order valence-electron chi connectivity index (χ3n) is 4.14. The molecule has 1 heterocycles. The van der Waals surface area contributed by atoms with Gasteiger partial charge >= 0.3 is 12.1 Å². The van der Waals surface area contributed by atoms with Crippen molar-refractivity contribution in [2.75, 3.05) is 6.61 Å². The molecule has 122 valence electrons. The standard InChI is InChI=1S/C16H24N2O4/c1-5-21-13(19)12-8-9-16(10-17,11-6-7-11)18(12)14(20)22-15(2,3)4/h11-12H,5-9H2,1-4H3/t12-,16+/m0/s1. The van der Waals surface area contributed by atoms with Crippen molar-refractivity contribution in [3.8, 4) is 6.07 Å². The number of ether oxygens (including phenoxy) is 2. The number of nitriles is 1. The summed E-state index contributed by atoms with van der Waals surface area (Å²) in [5, 5.41) is 9.72. The Kier molecular flexibility index (Phi) is 4.37. The van der Waals surface area contributed by atoms with E-state index in [1.807, 2.05) is 0 Å². The Morgan fingerprint density at radius 1 is 1.32 bits per heavy atom. The molecule has 0 radical (unpaired) electrons. The predicted molar refractivity (Wildman–Crippen MR) is 78.8 cm³/mol. The molecular weight excluding hydrogens is 284 g/mol. The van der Waals surface area contributed by atoms with Gasteiger partial charge in [-0.25, -0.2) is 9.59 Å². The number of likely N-dealkylation sites (tertiary alicyclic amines) is 1. The van der Waals surface area contributed by atoms with E-state index in [1.54, 1.807) is 27.7 Å². The van der Waals surface area contributed by atoms with Crippen LogP contribution in [0, 0.1) is 17.2 Å². The first-order valence-corrected chi connectivity index (χ1v) is 7.85. The third-order valence-corrected chi connectivity index (χ3v) is 4.14. The molecule has 1 aliphatic carbocycles. The van der Waals surface area contributed by atoms with E-state index in [-0.39, 0.29) is 12.5 Å². The lowest BCUT2D eigenvalue weighted by Crippen LogP contribution is -2.55. The quantitative estimate of drug-likeness (QED) is 0.749. The van der Waals surface area contributed by atoms with Crippen molar-refractivity contribution < 1.29 is 19.1 Å². The summed E-state index contributed by atoms with van der Waals surface area (Å²) in [4.78, 5) is 26.2. The maximum atomic E-state index is 12.6. The molecule has 0 bridgehead atoms. The number of rotatable bonds is 3. The molecule has 0 unspecified atom stereocenters. The van der Waals surface area contributed by atoms with Gasteiger partial charge in [0.1, 0.15) is 17.2 Å². The Morgan fingerprint density at radius 3 is 2.41 bits per heavy atom. The Labute approximate surface area is 131 Å². The van der Waals surface area contributed by atoms with Crippen LogP contribution in [0.1, 0.15) is 53.4 Å². The average molecular weight is 308 g/mol. The molecule has 0 aromatic carbocycles. The van der Waals surface area contributed by atoms with E-state index in [0.717, 1.165) is 12.8 Å². The molecule has 1 aliphatic heterocycles. The SMILES string of the molecule is CCOC(=O)[C@@H]1CC[C@@](C#N)(C2CC2)N1C(=O)OC(C)(C)C. The van der Waals surface area contributed by atoms with E-state index in [9.17, 15) is 14.9 Å². The molecule has 2 rings (SSSR count). The lowest BCUT2D eigenvalue weighted by Gasteiger charge is -2.36. The summed E-state index contributed by atoms with van der Waals surface area (Å²) in [6.45, 7) is 7.28. The zero-order valence-electron chi connectivity index (χ0n) is 13.7. The largest absolute Gasteiger partial charge is 0.464 e. The first kappa shape index (κ1) is 16.6. The van der Waals surface area contributed by atoms with Gasteiger partial charge in [0.05, 0.1) is 12.7 Å². The highest BCUT2D eigenvalue weighted by atomic mass is 16.6. The fraction of sp³-hybridized carbons (Fsp3) is 0.812. The van der Waals surface area contributed by atoms with E-state index in [4.69, 9.17) is 9.47 Å². The minimum absolute atomic E-state index is 0.129. The molecule has 0 spiro atoms. The zero-order valence-corrected chi connectivity index (χ0v) is 13.7. The van der Waals surface area contributed by atoms with Crippen LogP contribution < -0.4 is 0 Å². The van der Waals surface area contributed by atoms with Crippen molar-refractivity contribution in [2.45, 2.75) is 70.6 Å². The van der Waals surface area contributed by atoms with E-state index < -0.39 is 29.2 Å². The molecular formula is C16H24N2O4. The van der Waals surface area contributed by atoms with Gasteiger partial charge in [0, 0.05) is 0 Å². The number of hydrogen-bond acceptors (Lipinski definition) is 5. The van der Waals surface area contributed by atoms with Gasteiger partial charge in [0.15, 0.2) is 0 Å². The number of carbonyl (C=O) groups excluding carboxylic acids is 2. The van der Waals surface area contributed by atoms with Crippen LogP contribution >= 0.6 is 0 Å². The summed E-state index contributed by atoms with van der Waals surface area (Å²) >= 11 is 0. The maximum Gasteiger partial charge on any atom is 0.412 e. The zero-order chi connectivity index (χ0) is 16.5. The number of esters is 1. The highest BCUT2D eigenvalue weighted by Crippen LogP contribution is 2.50. The van der Waals surface area contributed by atoms with Crippen LogP contribution in [-0.2, 0) is 14.3 Å². The van der Waals surface area contributed by atoms with Crippen molar-refractivity contribution in [3.05, 3.63) is 0 Å². The Morgan fingerprint density at radius 2 is 1.95 bits per heavy atom. The van der Waals surface area contributed by atoms with Gasteiger partial charge in [-0.05, 0) is 59.3 Å². The van der Waals surface area contributed by atoms with Crippen LogP contribution in [0.3, 0.4) is 0 Å². The first-order valence-electron chi connectivity index (χ1n) is 7.85. The van der Waals surface area contributed by atoms with E-state index in [1.165, 1.54) is 4.90 Å². The molecule has 22 heavy (non-hydrogen) atoms. The average Bonchev–Trinajstić information content (AvgIpc) is 3.17. The number of hydrogen-bond donors (Lipinski definition) is 0. The van der Waals surface area contributed by atoms with Gasteiger partial charge < -0.3 is 9.47 Å². The summed E-state index contributed by atoms with van der Waals surface area (Å²) in [6.07, 6.45) is 2.15. The van der Waals surface area contributed by atoms with Gasteiger partial charge in [-0.3, -0.25) is 4.90 Å². The van der Waals surface area contributed by atoms with Crippen LogP contribution in [0.2, 0.25) is 0 Å². The van der Waals surface area contributed by atoms with Crippen molar-refractivity contribution in [1.29, 1.82) is 5.26 Å². The fourth-order valence-electron chi connectivity index (χ4n) is 3.11. The number of carbonyl (C=O) groups is 2. The molecule has 0 N–H and O–H groups in total.